The van der Waals surface area contributed by atoms with E-state index in [0.29, 0.717) is 5.75 Å². The first-order valence-corrected chi connectivity index (χ1v) is 8.22. The molecule has 3 aromatic rings. The second-order valence-corrected chi connectivity index (χ2v) is 6.32. The van der Waals surface area contributed by atoms with Gasteiger partial charge in [0.05, 0.1) is 16.6 Å². The zero-order chi connectivity index (χ0) is 14.5. The van der Waals surface area contributed by atoms with Gasteiger partial charge in [0.1, 0.15) is 0 Å². The molecule has 0 heterocycles. The smallest absolute Gasteiger partial charge is 0.0574 e. The van der Waals surface area contributed by atoms with Crippen LogP contribution in [0.15, 0.2) is 89.8 Å². The molecule has 0 bridgehead atoms. The molecule has 3 aromatic carbocycles. The van der Waals surface area contributed by atoms with Crippen molar-refractivity contribution in [3.63, 3.8) is 0 Å². The fourth-order valence-corrected chi connectivity index (χ4v) is 3.34. The average molecular weight is 292 g/mol. The summed E-state index contributed by atoms with van der Waals surface area (Å²) in [6.07, 6.45) is 0. The van der Waals surface area contributed by atoms with Crippen LogP contribution in [0.3, 0.4) is 0 Å². The molecule has 0 aromatic heterocycles. The zero-order valence-corrected chi connectivity index (χ0v) is 12.4. The van der Waals surface area contributed by atoms with E-state index in [1.807, 2.05) is 72.8 Å². The highest BCUT2D eigenvalue weighted by Crippen LogP contribution is 2.21. The largest absolute Gasteiger partial charge is 0.254 e. The second-order valence-electron chi connectivity index (χ2n) is 4.87. The van der Waals surface area contributed by atoms with Crippen LogP contribution >= 0.6 is 0 Å². The highest BCUT2D eigenvalue weighted by atomic mass is 32.2. The van der Waals surface area contributed by atoms with Crippen LogP contribution in [0.5, 0.6) is 0 Å². The lowest BCUT2D eigenvalue weighted by Gasteiger charge is -2.05. The highest BCUT2D eigenvalue weighted by molar-refractivity contribution is 7.84. The topological polar surface area (TPSA) is 17.1 Å². The molecule has 0 saturated heterocycles. The SMILES string of the molecule is O=S(Cc1ccccc1)c1ccc(-c2ccccc2)cc1. The molecule has 0 fully saturated rings. The van der Waals surface area contributed by atoms with E-state index in [0.717, 1.165) is 16.0 Å². The minimum absolute atomic E-state index is 0.561. The van der Waals surface area contributed by atoms with Crippen LogP contribution in [0.25, 0.3) is 11.1 Å². The minimum atomic E-state index is -0.999. The van der Waals surface area contributed by atoms with Crippen molar-refractivity contribution in [2.45, 2.75) is 10.6 Å². The molecule has 1 atom stereocenters. The summed E-state index contributed by atoms with van der Waals surface area (Å²) in [6.45, 7) is 0. The van der Waals surface area contributed by atoms with Crippen LogP contribution in [-0.4, -0.2) is 4.21 Å². The van der Waals surface area contributed by atoms with Crippen molar-refractivity contribution in [3.8, 4) is 11.1 Å². The Hall–Kier alpha value is -2.19. The lowest BCUT2D eigenvalue weighted by molar-refractivity contribution is 0.682. The van der Waals surface area contributed by atoms with Gasteiger partial charge >= 0.3 is 0 Å². The summed E-state index contributed by atoms with van der Waals surface area (Å²) in [5, 5.41) is 0. The van der Waals surface area contributed by atoms with E-state index in [-0.39, 0.29) is 0 Å². The summed E-state index contributed by atoms with van der Waals surface area (Å²) in [5.41, 5.74) is 3.43. The standard InChI is InChI=1S/C19H16OS/c20-21(15-16-7-3-1-4-8-16)19-13-11-18(12-14-19)17-9-5-2-6-10-17/h1-14H,15H2. The van der Waals surface area contributed by atoms with Gasteiger partial charge in [0, 0.05) is 4.90 Å². The van der Waals surface area contributed by atoms with Gasteiger partial charge in [-0.25, -0.2) is 0 Å². The predicted octanol–water partition coefficient (Wildman–Crippen LogP) is 4.66. The maximum Gasteiger partial charge on any atom is 0.0574 e. The van der Waals surface area contributed by atoms with Gasteiger partial charge in [-0.05, 0) is 28.8 Å². The summed E-state index contributed by atoms with van der Waals surface area (Å²) < 4.78 is 12.4. The van der Waals surface area contributed by atoms with E-state index in [1.54, 1.807) is 0 Å². The Morgan fingerprint density at radius 2 is 1.14 bits per heavy atom. The third kappa shape index (κ3) is 3.47. The fraction of sp³-hybridized carbons (Fsp3) is 0.0526. The predicted molar refractivity (Wildman–Crippen MR) is 88.4 cm³/mol. The molecule has 0 radical (unpaired) electrons. The molecule has 2 heteroatoms. The number of hydrogen-bond acceptors (Lipinski definition) is 1. The van der Waals surface area contributed by atoms with Crippen molar-refractivity contribution in [3.05, 3.63) is 90.5 Å². The molecule has 1 nitrogen and oxygen atoms in total. The molecule has 3 rings (SSSR count). The van der Waals surface area contributed by atoms with E-state index in [9.17, 15) is 4.21 Å². The summed E-state index contributed by atoms with van der Waals surface area (Å²) in [7, 11) is -0.999. The van der Waals surface area contributed by atoms with E-state index < -0.39 is 10.8 Å². The molecule has 0 spiro atoms. The summed E-state index contributed by atoms with van der Waals surface area (Å²) in [5.74, 6) is 0.561. The van der Waals surface area contributed by atoms with Crippen LogP contribution in [0.4, 0.5) is 0 Å². The lowest BCUT2D eigenvalue weighted by atomic mass is 10.1. The van der Waals surface area contributed by atoms with Crippen LogP contribution in [0.1, 0.15) is 5.56 Å². The van der Waals surface area contributed by atoms with E-state index in [1.165, 1.54) is 5.56 Å². The average Bonchev–Trinajstić information content (AvgIpc) is 2.57. The van der Waals surface area contributed by atoms with Crippen molar-refractivity contribution < 1.29 is 4.21 Å². The lowest BCUT2D eigenvalue weighted by Crippen LogP contribution is -1.96. The van der Waals surface area contributed by atoms with Crippen LogP contribution < -0.4 is 0 Å². The van der Waals surface area contributed by atoms with Crippen molar-refractivity contribution in [2.24, 2.45) is 0 Å². The van der Waals surface area contributed by atoms with Crippen LogP contribution in [-0.2, 0) is 16.6 Å². The normalized spacial score (nSPS) is 12.0. The molecule has 1 unspecified atom stereocenters. The summed E-state index contributed by atoms with van der Waals surface area (Å²) in [6, 6.07) is 28.2. The van der Waals surface area contributed by atoms with Crippen molar-refractivity contribution in [1.82, 2.24) is 0 Å². The third-order valence-electron chi connectivity index (χ3n) is 3.36. The van der Waals surface area contributed by atoms with Gasteiger partial charge in [-0.2, -0.15) is 0 Å². The van der Waals surface area contributed by atoms with Crippen molar-refractivity contribution >= 4 is 10.8 Å². The first-order valence-electron chi connectivity index (χ1n) is 6.91. The van der Waals surface area contributed by atoms with Gasteiger partial charge in [-0.15, -0.1) is 0 Å². The zero-order valence-electron chi connectivity index (χ0n) is 11.6. The molecular formula is C19H16OS. The van der Waals surface area contributed by atoms with Gasteiger partial charge in [0.2, 0.25) is 0 Å². The Bertz CT molecular complexity index is 719. The molecule has 21 heavy (non-hydrogen) atoms. The number of hydrogen-bond donors (Lipinski definition) is 0. The summed E-state index contributed by atoms with van der Waals surface area (Å²) >= 11 is 0. The quantitative estimate of drug-likeness (QED) is 0.683. The molecule has 0 saturated carbocycles. The molecule has 0 amide bonds. The molecule has 104 valence electrons. The Labute approximate surface area is 127 Å². The highest BCUT2D eigenvalue weighted by Gasteiger charge is 2.05. The Morgan fingerprint density at radius 3 is 1.76 bits per heavy atom. The van der Waals surface area contributed by atoms with E-state index in [4.69, 9.17) is 0 Å². The van der Waals surface area contributed by atoms with E-state index in [2.05, 4.69) is 12.1 Å². The Kier molecular flexibility index (Phi) is 4.27. The van der Waals surface area contributed by atoms with E-state index >= 15 is 0 Å². The third-order valence-corrected chi connectivity index (χ3v) is 4.76. The van der Waals surface area contributed by atoms with Crippen LogP contribution in [0.2, 0.25) is 0 Å². The second kappa shape index (κ2) is 6.51. The maximum absolute atomic E-state index is 12.4. The monoisotopic (exact) mass is 292 g/mol. The first kappa shape index (κ1) is 13.8. The first-order chi connectivity index (χ1) is 10.3. The molecular weight excluding hydrogens is 276 g/mol. The minimum Gasteiger partial charge on any atom is -0.254 e. The molecule has 0 aliphatic heterocycles. The van der Waals surface area contributed by atoms with Gasteiger partial charge in [0.25, 0.3) is 0 Å². The van der Waals surface area contributed by atoms with Crippen molar-refractivity contribution in [1.29, 1.82) is 0 Å². The van der Waals surface area contributed by atoms with Gasteiger partial charge in [-0.3, -0.25) is 4.21 Å². The molecule has 0 N–H and O–H groups in total. The van der Waals surface area contributed by atoms with Crippen LogP contribution in [0, 0.1) is 0 Å². The Morgan fingerprint density at radius 1 is 0.619 bits per heavy atom. The Balaban J connectivity index is 1.77. The van der Waals surface area contributed by atoms with Gasteiger partial charge in [-0.1, -0.05) is 72.8 Å². The fourth-order valence-electron chi connectivity index (χ4n) is 2.24. The number of benzene rings is 3. The van der Waals surface area contributed by atoms with Gasteiger partial charge in [0.15, 0.2) is 0 Å². The summed E-state index contributed by atoms with van der Waals surface area (Å²) in [4.78, 5) is 0.874. The maximum atomic E-state index is 12.4. The van der Waals surface area contributed by atoms with Crippen molar-refractivity contribution in [2.75, 3.05) is 0 Å². The van der Waals surface area contributed by atoms with Gasteiger partial charge < -0.3 is 0 Å². The molecule has 0 aliphatic rings. The molecule has 0 aliphatic carbocycles. The number of rotatable bonds is 4.